The molecule has 0 aliphatic carbocycles. The Morgan fingerprint density at radius 3 is 1.34 bits per heavy atom. The molecule has 16 heteroatoms. The van der Waals surface area contributed by atoms with Crippen molar-refractivity contribution in [2.75, 3.05) is 72.5 Å². The maximum absolute atomic E-state index is 12.3. The molecule has 0 rings (SSSR count). The molecule has 0 aromatic heterocycles. The highest BCUT2D eigenvalue weighted by molar-refractivity contribution is 5.84. The Morgan fingerprint density at radius 1 is 0.482 bits per heavy atom. The van der Waals surface area contributed by atoms with Gasteiger partial charge in [-0.15, -0.1) is 0 Å². The highest BCUT2D eigenvalue weighted by Gasteiger charge is 2.21. The maximum Gasteiger partial charge on any atom is 0.326 e. The third-order valence-corrected chi connectivity index (χ3v) is 8.50. The predicted molar refractivity (Wildman–Crippen MR) is 212 cm³/mol. The summed E-state index contributed by atoms with van der Waals surface area (Å²) in [4.78, 5) is 70.1. The molecule has 4 amide bonds. The predicted octanol–water partition coefficient (Wildman–Crippen LogP) is 4.12. The van der Waals surface area contributed by atoms with Crippen molar-refractivity contribution in [3.05, 3.63) is 0 Å². The molecule has 1 atom stereocenters. The van der Waals surface area contributed by atoms with Gasteiger partial charge in [-0.3, -0.25) is 24.0 Å². The lowest BCUT2D eigenvalue weighted by Gasteiger charge is -2.18. The number of ether oxygens (including phenoxy) is 4. The number of unbranched alkanes of at least 4 members (excludes halogenated alkanes) is 13. The van der Waals surface area contributed by atoms with Gasteiger partial charge in [0.15, 0.2) is 0 Å². The van der Waals surface area contributed by atoms with Crippen LogP contribution in [0, 0.1) is 5.41 Å². The third-order valence-electron chi connectivity index (χ3n) is 8.50. The Balaban J connectivity index is 3.66. The summed E-state index contributed by atoms with van der Waals surface area (Å²) in [5, 5.41) is 28.8. The minimum absolute atomic E-state index is 0.00523. The minimum atomic E-state index is -1.18. The summed E-state index contributed by atoms with van der Waals surface area (Å²) in [5.41, 5.74) is 0.00523. The molecule has 0 aliphatic rings. The highest BCUT2D eigenvalue weighted by Crippen LogP contribution is 2.14. The second kappa shape index (κ2) is 36.0. The first kappa shape index (κ1) is 52.7. The molecule has 0 unspecified atom stereocenters. The molecule has 0 saturated carbocycles. The quantitative estimate of drug-likeness (QED) is 0.0483. The van der Waals surface area contributed by atoms with Gasteiger partial charge in [0.25, 0.3) is 0 Å². The van der Waals surface area contributed by atoms with E-state index in [1.165, 1.54) is 44.9 Å². The normalized spacial score (nSPS) is 11.8. The smallest absolute Gasteiger partial charge is 0.326 e. The number of hydrogen-bond acceptors (Lipinski definition) is 10. The second-order valence-corrected chi connectivity index (χ2v) is 15.2. The molecule has 0 fully saturated rings. The molecule has 0 aromatic carbocycles. The average molecular weight is 803 g/mol. The molecule has 0 saturated heterocycles. The van der Waals surface area contributed by atoms with Crippen LogP contribution >= 0.6 is 0 Å². The Hall–Kier alpha value is -3.34. The van der Waals surface area contributed by atoms with Crippen LogP contribution in [0.1, 0.15) is 136 Å². The number of carboxylic acid groups (broad SMARTS) is 2. The molecule has 6 N–H and O–H groups in total. The molecule has 0 spiro atoms. The van der Waals surface area contributed by atoms with Gasteiger partial charge in [-0.25, -0.2) is 4.79 Å². The molecule has 326 valence electrons. The number of nitrogens with one attached hydrogen (secondary N) is 4. The van der Waals surface area contributed by atoms with Crippen molar-refractivity contribution in [1.82, 2.24) is 21.3 Å². The zero-order valence-corrected chi connectivity index (χ0v) is 34.6. The number of aliphatic carboxylic acids is 2. The lowest BCUT2D eigenvalue weighted by Crippen LogP contribution is -2.41. The van der Waals surface area contributed by atoms with Crippen LogP contribution in [0.25, 0.3) is 0 Å². The summed E-state index contributed by atoms with van der Waals surface area (Å²) in [7, 11) is 0. The average Bonchev–Trinajstić information content (AvgIpc) is 3.13. The Morgan fingerprint density at radius 2 is 0.893 bits per heavy atom. The van der Waals surface area contributed by atoms with Crippen LogP contribution < -0.4 is 21.3 Å². The van der Waals surface area contributed by atoms with Gasteiger partial charge in [0.1, 0.15) is 19.3 Å². The van der Waals surface area contributed by atoms with Gasteiger partial charge in [-0.05, 0) is 24.7 Å². The van der Waals surface area contributed by atoms with Gasteiger partial charge in [0.2, 0.25) is 23.6 Å². The summed E-state index contributed by atoms with van der Waals surface area (Å²) in [5.74, 6) is -3.04. The van der Waals surface area contributed by atoms with Gasteiger partial charge >= 0.3 is 11.9 Å². The van der Waals surface area contributed by atoms with E-state index in [1.54, 1.807) is 0 Å². The molecule has 0 radical (unpaired) electrons. The zero-order valence-electron chi connectivity index (χ0n) is 34.6. The second-order valence-electron chi connectivity index (χ2n) is 15.2. The van der Waals surface area contributed by atoms with Crippen molar-refractivity contribution in [3.8, 4) is 0 Å². The van der Waals surface area contributed by atoms with E-state index >= 15 is 0 Å². The van der Waals surface area contributed by atoms with E-state index in [-0.39, 0.29) is 108 Å². The summed E-state index contributed by atoms with van der Waals surface area (Å²) < 4.78 is 21.3. The van der Waals surface area contributed by atoms with E-state index in [1.807, 2.05) is 20.8 Å². The molecular weight excluding hydrogens is 728 g/mol. The summed E-state index contributed by atoms with van der Waals surface area (Å²) in [6, 6.07) is -1.13. The molecular formula is C40H74N4O12. The molecule has 0 aliphatic heterocycles. The fourth-order valence-electron chi connectivity index (χ4n) is 5.33. The molecule has 0 bridgehead atoms. The van der Waals surface area contributed by atoms with Crippen LogP contribution in [-0.2, 0) is 47.7 Å². The van der Waals surface area contributed by atoms with Gasteiger partial charge in [-0.2, -0.15) is 0 Å². The lowest BCUT2D eigenvalue weighted by molar-refractivity contribution is -0.142. The van der Waals surface area contributed by atoms with E-state index < -0.39 is 18.0 Å². The van der Waals surface area contributed by atoms with E-state index in [0.29, 0.717) is 26.1 Å². The maximum atomic E-state index is 12.3. The Kier molecular flexibility index (Phi) is 33.9. The van der Waals surface area contributed by atoms with Crippen molar-refractivity contribution < 1.29 is 57.9 Å². The number of amides is 4. The fourth-order valence-corrected chi connectivity index (χ4v) is 5.33. The monoisotopic (exact) mass is 803 g/mol. The van der Waals surface area contributed by atoms with E-state index in [4.69, 9.17) is 24.1 Å². The van der Waals surface area contributed by atoms with Crippen LogP contribution in [0.15, 0.2) is 0 Å². The zero-order chi connectivity index (χ0) is 41.7. The van der Waals surface area contributed by atoms with Crippen molar-refractivity contribution in [2.45, 2.75) is 142 Å². The third kappa shape index (κ3) is 38.9. The van der Waals surface area contributed by atoms with Crippen LogP contribution in [0.4, 0.5) is 0 Å². The van der Waals surface area contributed by atoms with Gasteiger partial charge in [0.05, 0.1) is 39.6 Å². The lowest BCUT2D eigenvalue weighted by atomic mass is 9.97. The summed E-state index contributed by atoms with van der Waals surface area (Å²) in [6.45, 7) is 8.47. The van der Waals surface area contributed by atoms with Gasteiger partial charge in [0, 0.05) is 38.9 Å². The summed E-state index contributed by atoms with van der Waals surface area (Å²) >= 11 is 0. The fraction of sp³-hybridized carbons (Fsp3) is 0.850. The number of carbonyl (C=O) groups is 6. The number of carboxylic acids is 2. The van der Waals surface area contributed by atoms with Crippen LogP contribution in [0.3, 0.4) is 0 Å². The van der Waals surface area contributed by atoms with Crippen LogP contribution in [0.5, 0.6) is 0 Å². The van der Waals surface area contributed by atoms with Crippen molar-refractivity contribution in [3.63, 3.8) is 0 Å². The Labute approximate surface area is 334 Å². The van der Waals surface area contributed by atoms with Gasteiger partial charge < -0.3 is 50.4 Å². The molecule has 0 aromatic rings. The van der Waals surface area contributed by atoms with E-state index in [0.717, 1.165) is 38.5 Å². The Bertz CT molecular complexity index is 1070. The molecule has 0 heterocycles. The molecule has 56 heavy (non-hydrogen) atoms. The number of hydrogen-bond donors (Lipinski definition) is 6. The first-order valence-electron chi connectivity index (χ1n) is 20.6. The first-order valence-corrected chi connectivity index (χ1v) is 20.6. The first-order chi connectivity index (χ1) is 26.8. The standard InChI is InChI=1S/C40H74N4O12/c1-40(2,3)32-43-37(48)31-56-29-27-54-25-23-42-36(47)30-55-28-26-53-24-22-41-34(45)21-20-33(39(51)52)44-35(46)18-16-14-12-10-8-6-4-5-7-9-11-13-15-17-19-38(49)50/h33H,4-32H2,1-3H3,(H,41,45)(H,42,47)(H,43,48)(H,44,46)(H,49,50)(H,51,52)/t33-/m0/s1. The van der Waals surface area contributed by atoms with Crippen molar-refractivity contribution in [2.24, 2.45) is 5.41 Å². The SMILES string of the molecule is CC(C)(C)CNC(=O)COCCOCCNC(=O)COCCOCCNC(=O)CC[C@H](NC(=O)CCCCCCCCCCCCCCCCC(=O)O)C(=O)O. The van der Waals surface area contributed by atoms with Gasteiger partial charge in [-0.1, -0.05) is 97.8 Å². The van der Waals surface area contributed by atoms with Crippen LogP contribution in [-0.4, -0.2) is 124 Å². The number of carbonyl (C=O) groups excluding carboxylic acids is 4. The van der Waals surface area contributed by atoms with E-state index in [9.17, 15) is 33.9 Å². The van der Waals surface area contributed by atoms with Crippen molar-refractivity contribution in [1.29, 1.82) is 0 Å². The topological polar surface area (TPSA) is 228 Å². The van der Waals surface area contributed by atoms with Crippen molar-refractivity contribution >= 4 is 35.6 Å². The number of rotatable bonds is 39. The summed E-state index contributed by atoms with van der Waals surface area (Å²) in [6.07, 6.45) is 15.6. The minimum Gasteiger partial charge on any atom is -0.481 e. The van der Waals surface area contributed by atoms with E-state index in [2.05, 4.69) is 21.3 Å². The highest BCUT2D eigenvalue weighted by atomic mass is 16.5. The largest absolute Gasteiger partial charge is 0.481 e. The molecule has 16 nitrogen and oxygen atoms in total. The van der Waals surface area contributed by atoms with Crippen LogP contribution in [0.2, 0.25) is 0 Å².